The summed E-state index contributed by atoms with van der Waals surface area (Å²) in [5.41, 5.74) is 1.58. The van der Waals surface area contributed by atoms with Crippen LogP contribution in [0.25, 0.3) is 10.8 Å². The zero-order valence-corrected chi connectivity index (χ0v) is 21.2. The van der Waals surface area contributed by atoms with E-state index in [1.165, 1.54) is 22.7 Å². The lowest BCUT2D eigenvalue weighted by molar-refractivity contribution is -0.147. The average Bonchev–Trinajstić information content (AvgIpc) is 2.83. The Bertz CT molecular complexity index is 1070. The molecule has 0 spiro atoms. The van der Waals surface area contributed by atoms with Crippen molar-refractivity contribution in [1.29, 1.82) is 0 Å². The third kappa shape index (κ3) is 8.03. The summed E-state index contributed by atoms with van der Waals surface area (Å²) in [6.07, 6.45) is 2.55. The van der Waals surface area contributed by atoms with Crippen LogP contribution in [0.2, 0.25) is 0 Å². The van der Waals surface area contributed by atoms with E-state index in [1.807, 2.05) is 43.3 Å². The van der Waals surface area contributed by atoms with Crippen LogP contribution in [0.1, 0.15) is 32.3 Å². The standard InChI is InChI=1S/C27H33O4PS/c1-3-30-27(28)25(16-10-13-22-11-6-5-7-12-22)20-32(29,31-4-2)21-33-26-18-17-23-14-8-9-15-24(23)19-26/h5-9,11-12,14-15,17-19,25H,3-4,10,13,16,20-21H2,1-2H3. The summed E-state index contributed by atoms with van der Waals surface area (Å²) in [4.78, 5) is 13.7. The van der Waals surface area contributed by atoms with Gasteiger partial charge in [0.1, 0.15) is 0 Å². The molecule has 2 unspecified atom stereocenters. The molecule has 3 aromatic carbocycles. The van der Waals surface area contributed by atoms with Crippen molar-refractivity contribution in [2.75, 3.05) is 24.9 Å². The van der Waals surface area contributed by atoms with Gasteiger partial charge < -0.3 is 9.26 Å². The van der Waals surface area contributed by atoms with Crippen molar-refractivity contribution >= 4 is 35.9 Å². The van der Waals surface area contributed by atoms with E-state index in [9.17, 15) is 9.36 Å². The Morgan fingerprint density at radius 3 is 2.39 bits per heavy atom. The molecule has 0 amide bonds. The fourth-order valence-corrected chi connectivity index (χ4v) is 7.94. The van der Waals surface area contributed by atoms with Crippen molar-refractivity contribution in [1.82, 2.24) is 0 Å². The Morgan fingerprint density at radius 1 is 0.939 bits per heavy atom. The van der Waals surface area contributed by atoms with Gasteiger partial charge in [-0.25, -0.2) is 0 Å². The van der Waals surface area contributed by atoms with Gasteiger partial charge in [-0.05, 0) is 61.6 Å². The maximum atomic E-state index is 13.8. The maximum absolute atomic E-state index is 13.8. The molecular weight excluding hydrogens is 451 g/mol. The van der Waals surface area contributed by atoms with E-state index in [4.69, 9.17) is 9.26 Å². The van der Waals surface area contributed by atoms with E-state index in [-0.39, 0.29) is 12.1 Å². The van der Waals surface area contributed by atoms with Gasteiger partial charge in [-0.3, -0.25) is 9.36 Å². The first kappa shape index (κ1) is 25.6. The molecule has 3 rings (SSSR count). The van der Waals surface area contributed by atoms with Crippen LogP contribution in [0.4, 0.5) is 0 Å². The number of aryl methyl sites for hydroxylation is 1. The lowest BCUT2D eigenvalue weighted by Gasteiger charge is -2.23. The van der Waals surface area contributed by atoms with E-state index in [2.05, 4.69) is 36.4 Å². The summed E-state index contributed by atoms with van der Waals surface area (Å²) in [5.74, 6) is -0.704. The van der Waals surface area contributed by atoms with Gasteiger partial charge in [0.05, 0.1) is 24.6 Å². The fourth-order valence-electron chi connectivity index (χ4n) is 3.88. The smallest absolute Gasteiger partial charge is 0.309 e. The largest absolute Gasteiger partial charge is 0.466 e. The van der Waals surface area contributed by atoms with Crippen LogP contribution in [0.3, 0.4) is 0 Å². The van der Waals surface area contributed by atoms with Crippen molar-refractivity contribution in [2.45, 2.75) is 38.0 Å². The lowest BCUT2D eigenvalue weighted by atomic mass is 10.0. The molecule has 0 heterocycles. The van der Waals surface area contributed by atoms with Crippen LogP contribution in [0.5, 0.6) is 0 Å². The lowest BCUT2D eigenvalue weighted by Crippen LogP contribution is -2.23. The molecule has 33 heavy (non-hydrogen) atoms. The predicted molar refractivity (Wildman–Crippen MR) is 138 cm³/mol. The minimum atomic E-state index is -3.03. The summed E-state index contributed by atoms with van der Waals surface area (Å²) < 4.78 is 24.9. The van der Waals surface area contributed by atoms with Crippen LogP contribution in [-0.2, 0) is 25.0 Å². The number of ether oxygens (including phenoxy) is 1. The first-order chi connectivity index (χ1) is 16.0. The molecule has 0 radical (unpaired) electrons. The summed E-state index contributed by atoms with van der Waals surface area (Å²) in [7, 11) is -3.03. The Labute approximate surface area is 201 Å². The van der Waals surface area contributed by atoms with E-state index < -0.39 is 13.3 Å². The Balaban J connectivity index is 1.67. The third-order valence-electron chi connectivity index (χ3n) is 5.49. The van der Waals surface area contributed by atoms with Crippen LogP contribution in [0.15, 0.2) is 77.7 Å². The van der Waals surface area contributed by atoms with Crippen molar-refractivity contribution in [3.8, 4) is 0 Å². The van der Waals surface area contributed by atoms with Crippen molar-refractivity contribution < 1.29 is 18.6 Å². The van der Waals surface area contributed by atoms with Crippen molar-refractivity contribution in [2.24, 2.45) is 5.92 Å². The number of rotatable bonds is 13. The predicted octanol–water partition coefficient (Wildman–Crippen LogP) is 7.41. The molecular formula is C27H33O4PS. The van der Waals surface area contributed by atoms with Crippen molar-refractivity contribution in [3.05, 3.63) is 78.4 Å². The Morgan fingerprint density at radius 2 is 1.67 bits per heavy atom. The number of esters is 1. The molecule has 0 N–H and O–H groups in total. The molecule has 0 aliphatic rings. The van der Waals surface area contributed by atoms with Crippen LogP contribution < -0.4 is 0 Å². The molecule has 0 saturated heterocycles. The van der Waals surface area contributed by atoms with E-state index >= 15 is 0 Å². The Hall–Kier alpha value is -2.07. The normalized spacial score (nSPS) is 14.0. The first-order valence-electron chi connectivity index (χ1n) is 11.6. The first-order valence-corrected chi connectivity index (χ1v) is 14.6. The maximum Gasteiger partial charge on any atom is 0.309 e. The highest BCUT2D eigenvalue weighted by Gasteiger charge is 2.32. The van der Waals surface area contributed by atoms with E-state index in [0.717, 1.165) is 23.1 Å². The number of benzene rings is 3. The van der Waals surface area contributed by atoms with E-state index in [1.54, 1.807) is 6.92 Å². The number of hydrogen-bond acceptors (Lipinski definition) is 5. The fraction of sp³-hybridized carbons (Fsp3) is 0.370. The number of thioether (sulfide) groups is 1. The minimum absolute atomic E-state index is 0.217. The van der Waals surface area contributed by atoms with Crippen LogP contribution >= 0.6 is 19.1 Å². The molecule has 0 fully saturated rings. The summed E-state index contributed by atoms with van der Waals surface area (Å²) in [6.45, 7) is 4.33. The van der Waals surface area contributed by atoms with Gasteiger partial charge in [0.15, 0.2) is 0 Å². The number of hydrogen-bond donors (Lipinski definition) is 0. The number of fused-ring (bicyclic) bond motifs is 1. The summed E-state index contributed by atoms with van der Waals surface area (Å²) in [5, 5.41) is 2.33. The summed E-state index contributed by atoms with van der Waals surface area (Å²) in [6, 6.07) is 24.6. The van der Waals surface area contributed by atoms with Gasteiger partial charge in [0, 0.05) is 11.1 Å². The zero-order valence-electron chi connectivity index (χ0n) is 19.4. The highest BCUT2D eigenvalue weighted by atomic mass is 32.2. The second-order valence-electron chi connectivity index (χ2n) is 8.02. The van der Waals surface area contributed by atoms with Gasteiger partial charge >= 0.3 is 5.97 Å². The van der Waals surface area contributed by atoms with Gasteiger partial charge in [-0.15, -0.1) is 11.8 Å². The Kier molecular flexibility index (Phi) is 10.1. The highest BCUT2D eigenvalue weighted by Crippen LogP contribution is 2.53. The number of carbonyl (C=O) groups excluding carboxylic acids is 1. The molecule has 6 heteroatoms. The molecule has 0 aromatic heterocycles. The monoisotopic (exact) mass is 484 g/mol. The van der Waals surface area contributed by atoms with Gasteiger partial charge in [0.25, 0.3) is 0 Å². The third-order valence-corrected chi connectivity index (χ3v) is 9.90. The average molecular weight is 485 g/mol. The molecule has 0 saturated carbocycles. The highest BCUT2D eigenvalue weighted by molar-refractivity contribution is 8.05. The quantitative estimate of drug-likeness (QED) is 0.144. The molecule has 176 valence electrons. The molecule has 3 aromatic rings. The van der Waals surface area contributed by atoms with E-state index in [0.29, 0.717) is 25.1 Å². The zero-order chi connectivity index (χ0) is 23.5. The minimum Gasteiger partial charge on any atom is -0.466 e. The summed E-state index contributed by atoms with van der Waals surface area (Å²) >= 11 is 1.53. The SMILES string of the molecule is CCOC(=O)C(CCCc1ccccc1)CP(=O)(CSc1ccc2ccccc2c1)OCC. The number of carbonyl (C=O) groups is 1. The topological polar surface area (TPSA) is 52.6 Å². The van der Waals surface area contributed by atoms with Crippen LogP contribution in [-0.4, -0.2) is 30.8 Å². The van der Waals surface area contributed by atoms with Crippen LogP contribution in [0, 0.1) is 5.92 Å². The van der Waals surface area contributed by atoms with Gasteiger partial charge in [0.2, 0.25) is 7.37 Å². The second-order valence-corrected chi connectivity index (χ2v) is 12.1. The molecule has 2 atom stereocenters. The van der Waals surface area contributed by atoms with Gasteiger partial charge in [-0.2, -0.15) is 0 Å². The molecule has 4 nitrogen and oxygen atoms in total. The second kappa shape index (κ2) is 13.0. The molecule has 0 aliphatic carbocycles. The molecule has 0 aliphatic heterocycles. The van der Waals surface area contributed by atoms with Crippen molar-refractivity contribution in [3.63, 3.8) is 0 Å². The van der Waals surface area contributed by atoms with Gasteiger partial charge in [-0.1, -0.05) is 60.7 Å². The molecule has 0 bridgehead atoms.